The minimum absolute atomic E-state index is 0.00682. The highest BCUT2D eigenvalue weighted by molar-refractivity contribution is 7.84. The molecular weight excluding hydrogens is 244 g/mol. The molecule has 0 saturated carbocycles. The number of rotatable bonds is 5. The highest BCUT2D eigenvalue weighted by Crippen LogP contribution is 2.19. The summed E-state index contributed by atoms with van der Waals surface area (Å²) in [4.78, 5) is 23.9. The number of carboxylic acid groups (broad SMARTS) is 1. The fourth-order valence-electron chi connectivity index (χ4n) is 1.92. The molecule has 1 rings (SSSR count). The second kappa shape index (κ2) is 6.58. The molecule has 0 aromatic carbocycles. The third-order valence-corrected chi connectivity index (χ3v) is 3.49. The van der Waals surface area contributed by atoms with Gasteiger partial charge in [0.05, 0.1) is 6.42 Å². The van der Waals surface area contributed by atoms with E-state index in [0.29, 0.717) is 18.8 Å². The molecule has 17 heavy (non-hydrogen) atoms. The lowest BCUT2D eigenvalue weighted by Gasteiger charge is -2.23. The van der Waals surface area contributed by atoms with Crippen LogP contribution in [-0.4, -0.2) is 57.4 Å². The molecule has 1 saturated heterocycles. The van der Waals surface area contributed by atoms with Crippen molar-refractivity contribution in [3.63, 3.8) is 0 Å². The van der Waals surface area contributed by atoms with E-state index in [0.717, 1.165) is 12.8 Å². The van der Waals surface area contributed by atoms with Crippen molar-refractivity contribution in [2.45, 2.75) is 25.3 Å². The Kier molecular flexibility index (Phi) is 5.40. The van der Waals surface area contributed by atoms with Gasteiger partial charge in [0.2, 0.25) is 0 Å². The number of amides is 2. The Hall–Kier alpha value is -1.11. The maximum atomic E-state index is 11.7. The first-order chi connectivity index (χ1) is 8.00. The number of aliphatic carboxylic acids is 1. The van der Waals surface area contributed by atoms with Crippen LogP contribution < -0.4 is 5.32 Å². The van der Waals surface area contributed by atoms with Crippen LogP contribution >= 0.6 is 0 Å². The number of hydrogen-bond acceptors (Lipinski definition) is 3. The van der Waals surface area contributed by atoms with E-state index in [1.165, 1.54) is 0 Å². The smallest absolute Gasteiger partial charge is 0.317 e. The Morgan fingerprint density at radius 1 is 1.53 bits per heavy atom. The fraction of sp³-hybridized carbons (Fsp3) is 0.800. The maximum absolute atomic E-state index is 11.7. The standard InChI is InChI=1S/C10H18N2O4S/c1-17(16)6-4-11-10(15)12-5-2-3-8(12)7-9(13)14/h8H,2-7H2,1H3,(H,11,15)(H,13,14). The molecule has 1 aliphatic rings. The Morgan fingerprint density at radius 3 is 2.82 bits per heavy atom. The maximum Gasteiger partial charge on any atom is 0.317 e. The van der Waals surface area contributed by atoms with Crippen molar-refractivity contribution in [2.24, 2.45) is 0 Å². The van der Waals surface area contributed by atoms with Gasteiger partial charge in [-0.3, -0.25) is 9.00 Å². The molecule has 0 aliphatic carbocycles. The lowest BCUT2D eigenvalue weighted by atomic mass is 10.1. The number of carbonyl (C=O) groups is 2. The van der Waals surface area contributed by atoms with Crippen molar-refractivity contribution in [3.8, 4) is 0 Å². The Balaban J connectivity index is 2.39. The van der Waals surface area contributed by atoms with Crippen LogP contribution in [0.5, 0.6) is 0 Å². The summed E-state index contributed by atoms with van der Waals surface area (Å²) in [6, 6.07) is -0.459. The summed E-state index contributed by atoms with van der Waals surface area (Å²) < 4.78 is 10.8. The molecule has 0 aromatic rings. The molecule has 0 radical (unpaired) electrons. The molecule has 1 heterocycles. The van der Waals surface area contributed by atoms with Crippen LogP contribution in [0.25, 0.3) is 0 Å². The van der Waals surface area contributed by atoms with E-state index in [2.05, 4.69) is 5.32 Å². The molecule has 0 spiro atoms. The van der Waals surface area contributed by atoms with E-state index in [-0.39, 0.29) is 18.5 Å². The second-order valence-corrected chi connectivity index (χ2v) is 5.65. The lowest BCUT2D eigenvalue weighted by Crippen LogP contribution is -2.44. The summed E-state index contributed by atoms with van der Waals surface area (Å²) in [6.07, 6.45) is 3.15. The summed E-state index contributed by atoms with van der Waals surface area (Å²) in [5, 5.41) is 11.4. The summed E-state index contributed by atoms with van der Waals surface area (Å²) in [5.74, 6) is -0.465. The summed E-state index contributed by atoms with van der Waals surface area (Å²) >= 11 is 0. The van der Waals surface area contributed by atoms with E-state index in [1.54, 1.807) is 11.2 Å². The molecule has 7 heteroatoms. The summed E-state index contributed by atoms with van der Waals surface area (Å²) in [5.41, 5.74) is 0. The third-order valence-electron chi connectivity index (χ3n) is 2.71. The van der Waals surface area contributed by atoms with Gasteiger partial charge in [-0.15, -0.1) is 0 Å². The molecule has 2 unspecified atom stereocenters. The van der Waals surface area contributed by atoms with Crippen molar-refractivity contribution in [3.05, 3.63) is 0 Å². The molecule has 0 aromatic heterocycles. The molecule has 2 atom stereocenters. The number of nitrogens with zero attached hydrogens (tertiary/aromatic N) is 1. The molecule has 1 fully saturated rings. The van der Waals surface area contributed by atoms with Crippen molar-refractivity contribution in [2.75, 3.05) is 25.1 Å². The van der Waals surface area contributed by atoms with Crippen LogP contribution in [0.3, 0.4) is 0 Å². The average molecular weight is 262 g/mol. The van der Waals surface area contributed by atoms with Crippen LogP contribution in [0.2, 0.25) is 0 Å². The van der Waals surface area contributed by atoms with E-state index in [9.17, 15) is 13.8 Å². The van der Waals surface area contributed by atoms with Crippen molar-refractivity contribution in [1.29, 1.82) is 0 Å². The number of hydrogen-bond donors (Lipinski definition) is 2. The van der Waals surface area contributed by atoms with Gasteiger partial charge < -0.3 is 15.3 Å². The van der Waals surface area contributed by atoms with E-state index in [1.807, 2.05) is 0 Å². The molecule has 2 N–H and O–H groups in total. The predicted octanol–water partition coefficient (Wildman–Crippen LogP) is 0.0136. The van der Waals surface area contributed by atoms with E-state index in [4.69, 9.17) is 5.11 Å². The molecular formula is C10H18N2O4S. The second-order valence-electron chi connectivity index (χ2n) is 4.10. The van der Waals surface area contributed by atoms with Gasteiger partial charge in [0.1, 0.15) is 0 Å². The van der Waals surface area contributed by atoms with Gasteiger partial charge in [-0.05, 0) is 12.8 Å². The van der Waals surface area contributed by atoms with Crippen LogP contribution in [-0.2, 0) is 15.6 Å². The minimum atomic E-state index is -0.929. The number of urea groups is 1. The first kappa shape index (κ1) is 14.0. The van der Waals surface area contributed by atoms with Gasteiger partial charge in [0, 0.05) is 41.9 Å². The number of nitrogens with one attached hydrogen (secondary N) is 1. The average Bonchev–Trinajstić information content (AvgIpc) is 2.64. The van der Waals surface area contributed by atoms with E-state index < -0.39 is 16.8 Å². The molecule has 6 nitrogen and oxygen atoms in total. The number of carbonyl (C=O) groups excluding carboxylic acids is 1. The van der Waals surface area contributed by atoms with Crippen LogP contribution in [0.1, 0.15) is 19.3 Å². The van der Waals surface area contributed by atoms with Gasteiger partial charge in [-0.1, -0.05) is 0 Å². The van der Waals surface area contributed by atoms with Crippen LogP contribution in [0, 0.1) is 0 Å². The zero-order valence-corrected chi connectivity index (χ0v) is 10.7. The number of likely N-dealkylation sites (tertiary alicyclic amines) is 1. The minimum Gasteiger partial charge on any atom is -0.481 e. The van der Waals surface area contributed by atoms with Gasteiger partial charge >= 0.3 is 12.0 Å². The van der Waals surface area contributed by atoms with Crippen molar-refractivity contribution in [1.82, 2.24) is 10.2 Å². The van der Waals surface area contributed by atoms with E-state index >= 15 is 0 Å². The van der Waals surface area contributed by atoms with Gasteiger partial charge in [-0.2, -0.15) is 0 Å². The summed E-state index contributed by atoms with van der Waals surface area (Å²) in [7, 11) is -0.929. The Morgan fingerprint density at radius 2 is 2.24 bits per heavy atom. The monoisotopic (exact) mass is 262 g/mol. The topological polar surface area (TPSA) is 86.7 Å². The fourth-order valence-corrected chi connectivity index (χ4v) is 2.31. The van der Waals surface area contributed by atoms with Gasteiger partial charge in [0.15, 0.2) is 0 Å². The predicted molar refractivity (Wildman–Crippen MR) is 64.3 cm³/mol. The zero-order valence-electron chi connectivity index (χ0n) is 9.85. The SMILES string of the molecule is CS(=O)CCNC(=O)N1CCCC1CC(=O)O. The molecule has 2 amide bonds. The summed E-state index contributed by atoms with van der Waals surface area (Å²) in [6.45, 7) is 0.956. The quantitative estimate of drug-likeness (QED) is 0.731. The van der Waals surface area contributed by atoms with Crippen LogP contribution in [0.15, 0.2) is 0 Å². The van der Waals surface area contributed by atoms with Gasteiger partial charge in [-0.25, -0.2) is 4.79 Å². The zero-order chi connectivity index (χ0) is 12.8. The largest absolute Gasteiger partial charge is 0.481 e. The van der Waals surface area contributed by atoms with Crippen molar-refractivity contribution >= 4 is 22.8 Å². The van der Waals surface area contributed by atoms with Crippen molar-refractivity contribution < 1.29 is 18.9 Å². The Bertz CT molecular complexity index is 321. The first-order valence-corrected chi connectivity index (χ1v) is 7.29. The molecule has 0 bridgehead atoms. The molecule has 98 valence electrons. The first-order valence-electron chi connectivity index (χ1n) is 5.57. The lowest BCUT2D eigenvalue weighted by molar-refractivity contribution is -0.137. The van der Waals surface area contributed by atoms with Gasteiger partial charge in [0.25, 0.3) is 0 Å². The number of carboxylic acids is 1. The normalized spacial score (nSPS) is 21.2. The third kappa shape index (κ3) is 4.72. The Labute approximate surface area is 103 Å². The van der Waals surface area contributed by atoms with Crippen LogP contribution in [0.4, 0.5) is 4.79 Å². The highest BCUT2D eigenvalue weighted by Gasteiger charge is 2.29. The molecule has 1 aliphatic heterocycles. The highest BCUT2D eigenvalue weighted by atomic mass is 32.2.